The van der Waals surface area contributed by atoms with Gasteiger partial charge in [-0.3, -0.25) is 4.79 Å². The summed E-state index contributed by atoms with van der Waals surface area (Å²) in [5, 5.41) is 10.3. The summed E-state index contributed by atoms with van der Waals surface area (Å²) < 4.78 is 32.0. The van der Waals surface area contributed by atoms with Crippen molar-refractivity contribution in [2.45, 2.75) is 44.0 Å². The number of hydrogen-bond donors (Lipinski definition) is 1. The van der Waals surface area contributed by atoms with Gasteiger partial charge in [0.05, 0.1) is 7.11 Å². The zero-order valence-corrected chi connectivity index (χ0v) is 17.3. The first kappa shape index (κ1) is 21.3. The Kier molecular flexibility index (Phi) is 7.69. The number of hydrogen-bond acceptors (Lipinski definition) is 7. The van der Waals surface area contributed by atoms with Crippen LogP contribution < -0.4 is 10.1 Å². The van der Waals surface area contributed by atoms with Gasteiger partial charge in [0.15, 0.2) is 0 Å². The van der Waals surface area contributed by atoms with Crippen molar-refractivity contribution in [3.63, 3.8) is 0 Å². The lowest BCUT2D eigenvalue weighted by Gasteiger charge is -2.18. The van der Waals surface area contributed by atoms with Crippen LogP contribution in [-0.2, 0) is 21.4 Å². The summed E-state index contributed by atoms with van der Waals surface area (Å²) in [6, 6.07) is 7.20. The Bertz CT molecular complexity index is 850. The second-order valence-electron chi connectivity index (χ2n) is 5.80. The van der Waals surface area contributed by atoms with E-state index in [9.17, 15) is 13.2 Å². The first-order chi connectivity index (χ1) is 12.9. The fourth-order valence-electron chi connectivity index (χ4n) is 2.30. The van der Waals surface area contributed by atoms with Crippen molar-refractivity contribution < 1.29 is 17.9 Å². The molecule has 0 spiro atoms. The summed E-state index contributed by atoms with van der Waals surface area (Å²) in [6.45, 7) is 4.24. The highest BCUT2D eigenvalue weighted by Crippen LogP contribution is 2.25. The molecule has 1 N–H and O–H groups in total. The Balaban J connectivity index is 2.11. The third-order valence-electron chi connectivity index (χ3n) is 3.84. The molecular formula is C17H24N4O4S2. The van der Waals surface area contributed by atoms with E-state index in [-0.39, 0.29) is 28.5 Å². The van der Waals surface area contributed by atoms with Crippen molar-refractivity contribution in [1.82, 2.24) is 14.5 Å². The molecule has 2 rings (SSSR count). The number of anilines is 1. The molecule has 0 unspecified atom stereocenters. The maximum Gasteiger partial charge on any atom is 0.272 e. The fourth-order valence-corrected chi connectivity index (χ4v) is 4.79. The van der Waals surface area contributed by atoms with Crippen LogP contribution in [0.25, 0.3) is 0 Å². The van der Waals surface area contributed by atoms with Crippen molar-refractivity contribution in [2.24, 2.45) is 0 Å². The normalized spacial score (nSPS) is 11.6. The van der Waals surface area contributed by atoms with Gasteiger partial charge in [0.2, 0.25) is 15.4 Å². The molecule has 1 aromatic carbocycles. The molecule has 0 aliphatic rings. The average molecular weight is 413 g/mol. The van der Waals surface area contributed by atoms with E-state index in [1.165, 1.54) is 4.31 Å². The van der Waals surface area contributed by atoms with Crippen molar-refractivity contribution in [2.75, 3.05) is 19.0 Å². The largest absolute Gasteiger partial charge is 0.497 e. The molecule has 1 heterocycles. The standard InChI is InChI=1S/C17H24N4O4S2/c1-4-6-7-15(22)18-16-19-20-17(26-16)27(23,24)21(5-2)12-13-8-10-14(25-3)11-9-13/h8-11H,4-7,12H2,1-3H3,(H,18,19,22). The third-order valence-corrected chi connectivity index (χ3v) is 6.95. The maximum atomic E-state index is 12.9. The predicted molar refractivity (Wildman–Crippen MR) is 104 cm³/mol. The molecule has 148 valence electrons. The van der Waals surface area contributed by atoms with E-state index < -0.39 is 10.0 Å². The van der Waals surface area contributed by atoms with Gasteiger partial charge in [0.25, 0.3) is 10.0 Å². The SMILES string of the molecule is CCCCC(=O)Nc1nnc(S(=O)(=O)N(CC)Cc2ccc(OC)cc2)s1. The molecule has 0 fully saturated rings. The summed E-state index contributed by atoms with van der Waals surface area (Å²) in [5.74, 6) is 0.514. The van der Waals surface area contributed by atoms with E-state index >= 15 is 0 Å². The molecule has 0 radical (unpaired) electrons. The van der Waals surface area contributed by atoms with Crippen molar-refractivity contribution in [3.8, 4) is 5.75 Å². The number of sulfonamides is 1. The Labute approximate surface area is 163 Å². The Hall–Kier alpha value is -2.04. The second-order valence-corrected chi connectivity index (χ2v) is 8.89. The van der Waals surface area contributed by atoms with Gasteiger partial charge in [-0.2, -0.15) is 4.31 Å². The topological polar surface area (TPSA) is 101 Å². The zero-order valence-electron chi connectivity index (χ0n) is 15.6. The third kappa shape index (κ3) is 5.72. The molecule has 0 aliphatic heterocycles. The van der Waals surface area contributed by atoms with Crippen LogP contribution in [0.3, 0.4) is 0 Å². The van der Waals surface area contributed by atoms with Crippen LogP contribution in [0.15, 0.2) is 28.6 Å². The Morgan fingerprint density at radius 2 is 1.93 bits per heavy atom. The molecular weight excluding hydrogens is 388 g/mol. The minimum Gasteiger partial charge on any atom is -0.497 e. The molecule has 8 nitrogen and oxygen atoms in total. The molecule has 1 aromatic heterocycles. The van der Waals surface area contributed by atoms with Gasteiger partial charge in [-0.05, 0) is 24.1 Å². The van der Waals surface area contributed by atoms with Crippen LogP contribution >= 0.6 is 11.3 Å². The Morgan fingerprint density at radius 1 is 1.22 bits per heavy atom. The highest BCUT2D eigenvalue weighted by Gasteiger charge is 2.28. The second kappa shape index (κ2) is 9.77. The summed E-state index contributed by atoms with van der Waals surface area (Å²) in [4.78, 5) is 11.8. The van der Waals surface area contributed by atoms with E-state index in [1.54, 1.807) is 26.2 Å². The number of aromatic nitrogens is 2. The molecule has 0 saturated carbocycles. The number of methoxy groups -OCH3 is 1. The van der Waals surface area contributed by atoms with Gasteiger partial charge in [0.1, 0.15) is 5.75 Å². The molecule has 2 aromatic rings. The van der Waals surface area contributed by atoms with Gasteiger partial charge in [-0.25, -0.2) is 8.42 Å². The zero-order chi connectivity index (χ0) is 19.9. The van der Waals surface area contributed by atoms with E-state index in [2.05, 4.69) is 15.5 Å². The molecule has 1 amide bonds. The van der Waals surface area contributed by atoms with Crippen LogP contribution in [0.1, 0.15) is 38.7 Å². The summed E-state index contributed by atoms with van der Waals surface area (Å²) in [5.41, 5.74) is 0.832. The van der Waals surface area contributed by atoms with Crippen molar-refractivity contribution in [3.05, 3.63) is 29.8 Å². The number of benzene rings is 1. The number of ether oxygens (including phenoxy) is 1. The molecule has 0 saturated heterocycles. The number of carbonyl (C=O) groups is 1. The quantitative estimate of drug-likeness (QED) is 0.602. The van der Waals surface area contributed by atoms with Crippen LogP contribution in [0, 0.1) is 0 Å². The first-order valence-corrected chi connectivity index (χ1v) is 10.9. The maximum absolute atomic E-state index is 12.9. The highest BCUT2D eigenvalue weighted by atomic mass is 32.2. The summed E-state index contributed by atoms with van der Waals surface area (Å²) in [7, 11) is -2.23. The van der Waals surface area contributed by atoms with Crippen molar-refractivity contribution >= 4 is 32.4 Å². The molecule has 0 atom stereocenters. The average Bonchev–Trinajstić information content (AvgIpc) is 3.14. The van der Waals surface area contributed by atoms with Crippen LogP contribution in [-0.4, -0.2) is 42.5 Å². The van der Waals surface area contributed by atoms with Crippen LogP contribution in [0.2, 0.25) is 0 Å². The van der Waals surface area contributed by atoms with Crippen LogP contribution in [0.4, 0.5) is 5.13 Å². The molecule has 0 aliphatic carbocycles. The number of carbonyl (C=O) groups excluding carboxylic acids is 1. The number of nitrogens with one attached hydrogen (secondary N) is 1. The molecule has 0 bridgehead atoms. The highest BCUT2D eigenvalue weighted by molar-refractivity contribution is 7.91. The van der Waals surface area contributed by atoms with Gasteiger partial charge < -0.3 is 10.1 Å². The lowest BCUT2D eigenvalue weighted by atomic mass is 10.2. The predicted octanol–water partition coefficient (Wildman–Crippen LogP) is 2.89. The van der Waals surface area contributed by atoms with E-state index in [4.69, 9.17) is 4.74 Å². The van der Waals surface area contributed by atoms with E-state index in [1.807, 2.05) is 19.1 Å². The van der Waals surface area contributed by atoms with Gasteiger partial charge in [-0.1, -0.05) is 43.7 Å². The smallest absolute Gasteiger partial charge is 0.272 e. The van der Waals surface area contributed by atoms with Gasteiger partial charge in [0, 0.05) is 19.5 Å². The molecule has 27 heavy (non-hydrogen) atoms. The van der Waals surface area contributed by atoms with Gasteiger partial charge >= 0.3 is 0 Å². The van der Waals surface area contributed by atoms with Crippen LogP contribution in [0.5, 0.6) is 5.75 Å². The number of unbranched alkanes of at least 4 members (excludes halogenated alkanes) is 1. The minimum absolute atomic E-state index is 0.136. The summed E-state index contributed by atoms with van der Waals surface area (Å²) >= 11 is 0.858. The lowest BCUT2D eigenvalue weighted by Crippen LogP contribution is -2.30. The number of nitrogens with zero attached hydrogens (tertiary/aromatic N) is 3. The van der Waals surface area contributed by atoms with Crippen molar-refractivity contribution in [1.29, 1.82) is 0 Å². The van der Waals surface area contributed by atoms with E-state index in [0.717, 1.165) is 29.7 Å². The van der Waals surface area contributed by atoms with Gasteiger partial charge in [-0.15, -0.1) is 10.2 Å². The first-order valence-electron chi connectivity index (χ1n) is 8.67. The monoisotopic (exact) mass is 412 g/mol. The molecule has 10 heteroatoms. The fraction of sp³-hybridized carbons (Fsp3) is 0.471. The minimum atomic E-state index is -3.80. The number of rotatable bonds is 10. The lowest BCUT2D eigenvalue weighted by molar-refractivity contribution is -0.116. The van der Waals surface area contributed by atoms with E-state index in [0.29, 0.717) is 12.2 Å². The Morgan fingerprint density at radius 3 is 2.52 bits per heavy atom. The number of amides is 1. The summed E-state index contributed by atoms with van der Waals surface area (Å²) in [6.07, 6.45) is 2.04.